The third-order valence-corrected chi connectivity index (χ3v) is 4.18. The smallest absolute Gasteiger partial charge is 0.183 e. The van der Waals surface area contributed by atoms with Gasteiger partial charge in [-0.3, -0.25) is 9.48 Å². The molecule has 3 nitrogen and oxygen atoms in total. The molecule has 1 saturated carbocycles. The van der Waals surface area contributed by atoms with Crippen molar-refractivity contribution in [1.29, 1.82) is 0 Å². The number of nitrogens with zero attached hydrogens (tertiary/aromatic N) is 2. The van der Waals surface area contributed by atoms with Crippen molar-refractivity contribution in [3.8, 4) is 0 Å². The van der Waals surface area contributed by atoms with Crippen LogP contribution in [0.4, 0.5) is 0 Å². The van der Waals surface area contributed by atoms with Crippen LogP contribution in [0.5, 0.6) is 0 Å². The Hall–Kier alpha value is -1.12. The van der Waals surface area contributed by atoms with Gasteiger partial charge in [0, 0.05) is 18.7 Å². The van der Waals surface area contributed by atoms with Crippen LogP contribution in [0.25, 0.3) is 0 Å². The second-order valence-corrected chi connectivity index (χ2v) is 5.40. The van der Waals surface area contributed by atoms with Gasteiger partial charge in [-0.1, -0.05) is 19.8 Å². The molecular formula is C15H24N2O. The van der Waals surface area contributed by atoms with Gasteiger partial charge in [-0.15, -0.1) is 0 Å². The first-order valence-corrected chi connectivity index (χ1v) is 7.32. The summed E-state index contributed by atoms with van der Waals surface area (Å²) in [7, 11) is 0. The second-order valence-electron chi connectivity index (χ2n) is 5.40. The Morgan fingerprint density at radius 2 is 2.06 bits per heavy atom. The monoisotopic (exact) mass is 248 g/mol. The highest BCUT2D eigenvalue weighted by atomic mass is 16.1. The lowest BCUT2D eigenvalue weighted by molar-refractivity contribution is 0.0858. The van der Waals surface area contributed by atoms with Crippen LogP contribution in [0.3, 0.4) is 0 Å². The number of rotatable bonds is 5. The largest absolute Gasteiger partial charge is 0.292 e. The van der Waals surface area contributed by atoms with Crippen LogP contribution in [0.2, 0.25) is 0 Å². The van der Waals surface area contributed by atoms with E-state index in [4.69, 9.17) is 0 Å². The molecule has 0 N–H and O–H groups in total. The van der Waals surface area contributed by atoms with Crippen LogP contribution in [0, 0.1) is 11.8 Å². The van der Waals surface area contributed by atoms with Gasteiger partial charge in [0.2, 0.25) is 0 Å². The SMILES string of the molecule is CCCC1CCC(C(=O)c2ccnn2CC)CC1. The summed E-state index contributed by atoms with van der Waals surface area (Å²) in [6.07, 6.45) is 8.92. The first-order valence-electron chi connectivity index (χ1n) is 7.32. The van der Waals surface area contributed by atoms with Crippen LogP contribution in [0.1, 0.15) is 62.9 Å². The van der Waals surface area contributed by atoms with Gasteiger partial charge in [-0.05, 0) is 44.6 Å². The maximum absolute atomic E-state index is 12.4. The number of carbonyl (C=O) groups excluding carboxylic acids is 1. The van der Waals surface area contributed by atoms with Gasteiger partial charge in [-0.25, -0.2) is 0 Å². The number of carbonyl (C=O) groups is 1. The third kappa shape index (κ3) is 2.82. The first-order chi connectivity index (χ1) is 8.76. The topological polar surface area (TPSA) is 34.9 Å². The van der Waals surface area contributed by atoms with Crippen molar-refractivity contribution in [2.24, 2.45) is 11.8 Å². The molecule has 1 fully saturated rings. The van der Waals surface area contributed by atoms with Gasteiger partial charge >= 0.3 is 0 Å². The molecule has 3 heteroatoms. The van der Waals surface area contributed by atoms with Crippen LogP contribution >= 0.6 is 0 Å². The molecule has 1 aliphatic carbocycles. The summed E-state index contributed by atoms with van der Waals surface area (Å²) in [6, 6.07) is 1.87. The maximum atomic E-state index is 12.4. The summed E-state index contributed by atoms with van der Waals surface area (Å²) < 4.78 is 1.82. The zero-order valence-electron chi connectivity index (χ0n) is 11.6. The number of ketones is 1. The minimum Gasteiger partial charge on any atom is -0.292 e. The molecule has 100 valence electrons. The lowest BCUT2D eigenvalue weighted by Crippen LogP contribution is -2.24. The van der Waals surface area contributed by atoms with Gasteiger partial charge < -0.3 is 0 Å². The fraction of sp³-hybridized carbons (Fsp3) is 0.733. The van der Waals surface area contributed by atoms with E-state index >= 15 is 0 Å². The summed E-state index contributed by atoms with van der Waals surface area (Å²) in [4.78, 5) is 12.4. The molecule has 1 heterocycles. The van der Waals surface area contributed by atoms with Crippen molar-refractivity contribution >= 4 is 5.78 Å². The van der Waals surface area contributed by atoms with E-state index in [-0.39, 0.29) is 5.92 Å². The van der Waals surface area contributed by atoms with Crippen molar-refractivity contribution in [3.63, 3.8) is 0 Å². The Balaban J connectivity index is 1.95. The van der Waals surface area contributed by atoms with E-state index in [1.807, 2.05) is 17.7 Å². The fourth-order valence-corrected chi connectivity index (χ4v) is 3.12. The zero-order chi connectivity index (χ0) is 13.0. The number of hydrogen-bond donors (Lipinski definition) is 0. The molecule has 0 bridgehead atoms. The van der Waals surface area contributed by atoms with Gasteiger partial charge in [0.05, 0.1) is 0 Å². The van der Waals surface area contributed by atoms with Crippen molar-refractivity contribution in [1.82, 2.24) is 9.78 Å². The number of hydrogen-bond acceptors (Lipinski definition) is 2. The molecule has 1 aromatic heterocycles. The summed E-state index contributed by atoms with van der Waals surface area (Å²) >= 11 is 0. The molecule has 0 aliphatic heterocycles. The lowest BCUT2D eigenvalue weighted by Gasteiger charge is -2.27. The third-order valence-electron chi connectivity index (χ3n) is 4.18. The molecule has 0 radical (unpaired) electrons. The predicted octanol–water partition coefficient (Wildman–Crippen LogP) is 3.69. The molecular weight excluding hydrogens is 224 g/mol. The zero-order valence-corrected chi connectivity index (χ0v) is 11.6. The molecule has 1 aliphatic rings. The highest BCUT2D eigenvalue weighted by Crippen LogP contribution is 2.33. The molecule has 0 unspecified atom stereocenters. The van der Waals surface area contributed by atoms with Gasteiger partial charge in [0.25, 0.3) is 0 Å². The number of aryl methyl sites for hydroxylation is 1. The Labute approximate surface area is 110 Å². The Bertz CT molecular complexity index is 389. The van der Waals surface area contributed by atoms with Gasteiger partial charge in [0.1, 0.15) is 5.69 Å². The Kier molecular flexibility index (Phi) is 4.56. The minimum atomic E-state index is 0.236. The summed E-state index contributed by atoms with van der Waals surface area (Å²) in [5.74, 6) is 1.40. The molecule has 0 aromatic carbocycles. The van der Waals surface area contributed by atoms with Crippen molar-refractivity contribution in [2.45, 2.75) is 58.9 Å². The van der Waals surface area contributed by atoms with Crippen molar-refractivity contribution < 1.29 is 4.79 Å². The van der Waals surface area contributed by atoms with E-state index in [0.29, 0.717) is 5.78 Å². The molecule has 0 atom stereocenters. The quantitative estimate of drug-likeness (QED) is 0.745. The summed E-state index contributed by atoms with van der Waals surface area (Å²) in [5, 5.41) is 4.19. The van der Waals surface area contributed by atoms with Crippen LogP contribution < -0.4 is 0 Å². The standard InChI is InChI=1S/C15H24N2O/c1-3-5-12-6-8-13(9-7-12)15(18)14-10-11-16-17(14)4-2/h10-13H,3-9H2,1-2H3. The maximum Gasteiger partial charge on any atom is 0.183 e. The molecule has 18 heavy (non-hydrogen) atoms. The lowest BCUT2D eigenvalue weighted by atomic mass is 9.78. The highest BCUT2D eigenvalue weighted by Gasteiger charge is 2.28. The van der Waals surface area contributed by atoms with E-state index < -0.39 is 0 Å². The predicted molar refractivity (Wildman–Crippen MR) is 72.6 cm³/mol. The summed E-state index contributed by atoms with van der Waals surface area (Å²) in [6.45, 7) is 5.05. The molecule has 2 rings (SSSR count). The average molecular weight is 248 g/mol. The van der Waals surface area contributed by atoms with Crippen molar-refractivity contribution in [2.75, 3.05) is 0 Å². The van der Waals surface area contributed by atoms with E-state index in [1.165, 1.54) is 25.7 Å². The van der Waals surface area contributed by atoms with Gasteiger partial charge in [0.15, 0.2) is 5.78 Å². The molecule has 0 spiro atoms. The van der Waals surface area contributed by atoms with E-state index in [2.05, 4.69) is 12.0 Å². The minimum absolute atomic E-state index is 0.236. The van der Waals surface area contributed by atoms with Gasteiger partial charge in [-0.2, -0.15) is 5.10 Å². The first kappa shape index (κ1) is 13.3. The van der Waals surface area contributed by atoms with Crippen LogP contribution in [-0.2, 0) is 6.54 Å². The van der Waals surface area contributed by atoms with Crippen molar-refractivity contribution in [3.05, 3.63) is 18.0 Å². The molecule has 0 saturated heterocycles. The number of aromatic nitrogens is 2. The highest BCUT2D eigenvalue weighted by molar-refractivity contribution is 5.96. The fourth-order valence-electron chi connectivity index (χ4n) is 3.12. The van der Waals surface area contributed by atoms with E-state index in [0.717, 1.165) is 31.0 Å². The van der Waals surface area contributed by atoms with E-state index in [1.54, 1.807) is 6.20 Å². The summed E-state index contributed by atoms with van der Waals surface area (Å²) in [5.41, 5.74) is 0.802. The Morgan fingerprint density at radius 1 is 1.33 bits per heavy atom. The molecule has 1 aromatic rings. The van der Waals surface area contributed by atoms with Crippen LogP contribution in [-0.4, -0.2) is 15.6 Å². The molecule has 0 amide bonds. The Morgan fingerprint density at radius 3 is 2.67 bits per heavy atom. The number of Topliss-reactive ketones (excluding diaryl/α,β-unsaturated/α-hetero) is 1. The second kappa shape index (κ2) is 6.17. The normalized spacial score (nSPS) is 24.1. The average Bonchev–Trinajstić information content (AvgIpc) is 2.87. The van der Waals surface area contributed by atoms with Crippen LogP contribution in [0.15, 0.2) is 12.3 Å². The van der Waals surface area contributed by atoms with E-state index in [9.17, 15) is 4.79 Å².